The van der Waals surface area contributed by atoms with E-state index < -0.39 is 24.6 Å². The highest BCUT2D eigenvalue weighted by Crippen LogP contribution is 2.49. The molecule has 0 bridgehead atoms. The van der Waals surface area contributed by atoms with Crippen molar-refractivity contribution in [1.82, 2.24) is 0 Å². The average Bonchev–Trinajstić information content (AvgIpc) is 1.73. The zero-order valence-corrected chi connectivity index (χ0v) is 6.17. The minimum absolute atomic E-state index is 0.274. The van der Waals surface area contributed by atoms with Gasteiger partial charge >= 0.3 is 12.5 Å². The first-order chi connectivity index (χ1) is 5.70. The molecule has 1 aliphatic rings. The predicted octanol–water partition coefficient (Wildman–Crippen LogP) is 3.03. The molecule has 1 rings (SSSR count). The minimum Gasteiger partial charge on any atom is -0.281 e. The van der Waals surface area contributed by atoms with Gasteiger partial charge in [-0.25, -0.2) is 0 Å². The number of hydrogen-bond donors (Lipinski definition) is 0. The molecule has 1 fully saturated rings. The fourth-order valence-electron chi connectivity index (χ4n) is 1.02. The third-order valence-corrected chi connectivity index (χ3v) is 1.71. The number of hydrogen-bond acceptors (Lipinski definition) is 1. The van der Waals surface area contributed by atoms with Gasteiger partial charge in [-0.2, -0.15) is 13.2 Å². The Morgan fingerprint density at radius 1 is 1.08 bits per heavy atom. The fraction of sp³-hybridized carbons (Fsp3) is 0.833. The van der Waals surface area contributed by atoms with E-state index in [9.17, 15) is 26.3 Å². The molecule has 0 aromatic carbocycles. The van der Waals surface area contributed by atoms with E-state index in [1.165, 1.54) is 0 Å². The molecule has 0 amide bonds. The molecule has 1 atom stereocenters. The summed E-state index contributed by atoms with van der Waals surface area (Å²) in [5.74, 6) is -2.05. The monoisotopic (exact) mass is 207 g/mol. The van der Waals surface area contributed by atoms with Crippen LogP contribution in [0, 0.1) is 12.0 Å². The summed E-state index contributed by atoms with van der Waals surface area (Å²) >= 11 is 0. The van der Waals surface area contributed by atoms with Crippen molar-refractivity contribution in [2.75, 3.05) is 0 Å². The molecule has 1 nitrogen and oxygen atoms in total. The quantitative estimate of drug-likeness (QED) is 0.600. The maximum Gasteiger partial charge on any atom is 0.523 e. The summed E-state index contributed by atoms with van der Waals surface area (Å²) < 4.78 is 73.2. The topological polar surface area (TPSA) is 9.23 Å². The predicted molar refractivity (Wildman–Crippen MR) is 29.2 cm³/mol. The summed E-state index contributed by atoms with van der Waals surface area (Å²) in [6.07, 6.45) is -11.2. The van der Waals surface area contributed by atoms with E-state index in [1.807, 2.05) is 0 Å². The number of ether oxygens (including phenoxy) is 1. The minimum atomic E-state index is -5.01. The third-order valence-electron chi connectivity index (χ3n) is 1.71. The summed E-state index contributed by atoms with van der Waals surface area (Å²) in [6.45, 7) is 0. The maximum atomic E-state index is 11.9. The normalized spacial score (nSPS) is 25.8. The molecule has 0 N–H and O–H groups in total. The zero-order chi connectivity index (χ0) is 10.3. The Bertz CT molecular complexity index is 183. The van der Waals surface area contributed by atoms with Crippen LogP contribution in [0.3, 0.4) is 0 Å². The van der Waals surface area contributed by atoms with Crippen LogP contribution in [0.25, 0.3) is 0 Å². The van der Waals surface area contributed by atoms with Gasteiger partial charge in [0.1, 0.15) is 6.10 Å². The van der Waals surface area contributed by atoms with Crippen molar-refractivity contribution in [3.63, 3.8) is 0 Å². The third kappa shape index (κ3) is 2.75. The van der Waals surface area contributed by atoms with Gasteiger partial charge in [0, 0.05) is 0 Å². The van der Waals surface area contributed by atoms with Gasteiger partial charge in [0.05, 0.1) is 5.92 Å². The van der Waals surface area contributed by atoms with Gasteiger partial charge in [0.25, 0.3) is 0 Å². The molecule has 0 aliphatic heterocycles. The first kappa shape index (κ1) is 10.6. The van der Waals surface area contributed by atoms with Crippen LogP contribution in [-0.4, -0.2) is 12.5 Å². The molecule has 0 aromatic rings. The first-order valence-electron chi connectivity index (χ1n) is 3.38. The highest BCUT2D eigenvalue weighted by molar-refractivity contribution is 5.01. The second kappa shape index (κ2) is 3.04. The molecule has 0 aromatic heterocycles. The SMILES string of the molecule is FC(F)(F)O[C]1CCC1C(F)(F)F. The first-order valence-corrected chi connectivity index (χ1v) is 3.38. The Balaban J connectivity index is 2.47. The molecule has 7 heteroatoms. The molecule has 1 saturated carbocycles. The van der Waals surface area contributed by atoms with Gasteiger partial charge in [-0.05, 0) is 12.8 Å². The van der Waals surface area contributed by atoms with E-state index in [4.69, 9.17) is 0 Å². The van der Waals surface area contributed by atoms with Crippen molar-refractivity contribution in [2.45, 2.75) is 25.4 Å². The summed E-state index contributed by atoms with van der Waals surface area (Å²) in [6, 6.07) is 0. The molecule has 0 saturated heterocycles. The summed E-state index contributed by atoms with van der Waals surface area (Å²) in [5.41, 5.74) is 0. The van der Waals surface area contributed by atoms with Crippen molar-refractivity contribution in [1.29, 1.82) is 0 Å². The smallest absolute Gasteiger partial charge is 0.281 e. The Morgan fingerprint density at radius 3 is 1.85 bits per heavy atom. The van der Waals surface area contributed by atoms with Crippen LogP contribution in [-0.2, 0) is 4.74 Å². The largest absolute Gasteiger partial charge is 0.523 e. The molecule has 77 valence electrons. The van der Waals surface area contributed by atoms with Crippen LogP contribution in [0.4, 0.5) is 26.3 Å². The molecule has 0 heterocycles. The summed E-state index contributed by atoms with van der Waals surface area (Å²) in [4.78, 5) is 0. The van der Waals surface area contributed by atoms with E-state index in [2.05, 4.69) is 4.74 Å². The van der Waals surface area contributed by atoms with E-state index in [1.54, 1.807) is 0 Å². The van der Waals surface area contributed by atoms with Crippen molar-refractivity contribution in [3.8, 4) is 0 Å². The van der Waals surface area contributed by atoms with Gasteiger partial charge in [-0.1, -0.05) is 0 Å². The van der Waals surface area contributed by atoms with Crippen LogP contribution < -0.4 is 0 Å². The van der Waals surface area contributed by atoms with E-state index in [0.717, 1.165) is 0 Å². The lowest BCUT2D eigenvalue weighted by Crippen LogP contribution is -2.40. The van der Waals surface area contributed by atoms with Gasteiger partial charge < -0.3 is 0 Å². The second-order valence-electron chi connectivity index (χ2n) is 2.65. The Hall–Kier alpha value is -0.460. The van der Waals surface area contributed by atoms with Crippen LogP contribution in [0.5, 0.6) is 0 Å². The van der Waals surface area contributed by atoms with Crippen LogP contribution in [0.15, 0.2) is 0 Å². The molecule has 13 heavy (non-hydrogen) atoms. The van der Waals surface area contributed by atoms with Gasteiger partial charge in [-0.15, -0.1) is 13.2 Å². The number of alkyl halides is 6. The fourth-order valence-corrected chi connectivity index (χ4v) is 1.02. The molecule has 0 spiro atoms. The molecule has 1 unspecified atom stereocenters. The van der Waals surface area contributed by atoms with Crippen molar-refractivity contribution in [2.24, 2.45) is 5.92 Å². The van der Waals surface area contributed by atoms with Gasteiger partial charge in [0.2, 0.25) is 0 Å². The van der Waals surface area contributed by atoms with Crippen molar-refractivity contribution >= 4 is 0 Å². The Kier molecular flexibility index (Phi) is 2.48. The lowest BCUT2D eigenvalue weighted by Gasteiger charge is -2.36. The lowest BCUT2D eigenvalue weighted by molar-refractivity contribution is -0.343. The molecule has 1 aliphatic carbocycles. The molecular weight excluding hydrogens is 202 g/mol. The standard InChI is InChI=1S/C6H5F6O/c7-5(8,9)3-1-2-4(3)13-6(10,11)12/h3H,1-2H2. The molecular formula is C6H5F6O. The van der Waals surface area contributed by atoms with Crippen molar-refractivity contribution in [3.05, 3.63) is 6.10 Å². The molecule has 1 radical (unpaired) electrons. The van der Waals surface area contributed by atoms with Gasteiger partial charge in [0.15, 0.2) is 0 Å². The average molecular weight is 207 g/mol. The summed E-state index contributed by atoms with van der Waals surface area (Å²) in [7, 11) is 0. The zero-order valence-electron chi connectivity index (χ0n) is 6.17. The summed E-state index contributed by atoms with van der Waals surface area (Å²) in [5, 5.41) is 0. The highest BCUT2D eigenvalue weighted by atomic mass is 19.4. The van der Waals surface area contributed by atoms with Crippen molar-refractivity contribution < 1.29 is 31.1 Å². The van der Waals surface area contributed by atoms with Crippen LogP contribution in [0.2, 0.25) is 0 Å². The number of rotatable bonds is 1. The van der Waals surface area contributed by atoms with Crippen LogP contribution in [0.1, 0.15) is 12.8 Å². The maximum absolute atomic E-state index is 11.9. The van der Waals surface area contributed by atoms with E-state index >= 15 is 0 Å². The Labute approximate surface area is 69.7 Å². The Morgan fingerprint density at radius 2 is 1.62 bits per heavy atom. The van der Waals surface area contributed by atoms with E-state index in [0.29, 0.717) is 0 Å². The lowest BCUT2D eigenvalue weighted by atomic mass is 9.81. The number of halogens is 6. The van der Waals surface area contributed by atoms with Crippen LogP contribution >= 0.6 is 0 Å². The second-order valence-corrected chi connectivity index (χ2v) is 2.65. The van der Waals surface area contributed by atoms with E-state index in [-0.39, 0.29) is 12.8 Å². The highest BCUT2D eigenvalue weighted by Gasteiger charge is 2.54. The van der Waals surface area contributed by atoms with Gasteiger partial charge in [-0.3, -0.25) is 4.74 Å².